The van der Waals surface area contributed by atoms with E-state index in [1.165, 1.54) is 18.2 Å². The normalized spacial score (nSPS) is 11.4. The number of hydrogen-bond donors (Lipinski definition) is 1. The molecular formula is C13H11F3N2O. The zero-order chi connectivity index (χ0) is 13.9. The van der Waals surface area contributed by atoms with Gasteiger partial charge in [0.25, 0.3) is 0 Å². The van der Waals surface area contributed by atoms with E-state index in [9.17, 15) is 13.2 Å². The molecule has 3 nitrogen and oxygen atoms in total. The number of benzene rings is 1. The lowest BCUT2D eigenvalue weighted by Gasteiger charge is -2.11. The predicted molar refractivity (Wildman–Crippen MR) is 64.2 cm³/mol. The first-order valence-electron chi connectivity index (χ1n) is 5.49. The van der Waals surface area contributed by atoms with Gasteiger partial charge in [0, 0.05) is 18.9 Å². The molecule has 0 aliphatic heterocycles. The SMILES string of the molecule is NCc1cnccc1-c1cccc(OC(F)(F)F)c1. The molecular weight excluding hydrogens is 257 g/mol. The minimum absolute atomic E-state index is 0.257. The van der Waals surface area contributed by atoms with Gasteiger partial charge in [0.1, 0.15) is 5.75 Å². The fourth-order valence-electron chi connectivity index (χ4n) is 1.73. The summed E-state index contributed by atoms with van der Waals surface area (Å²) in [5.74, 6) is -0.259. The third kappa shape index (κ3) is 3.45. The molecule has 6 heteroatoms. The summed E-state index contributed by atoms with van der Waals surface area (Å²) < 4.78 is 40.4. The van der Waals surface area contributed by atoms with Crippen LogP contribution in [0.2, 0.25) is 0 Å². The topological polar surface area (TPSA) is 48.1 Å². The van der Waals surface area contributed by atoms with Crippen molar-refractivity contribution in [3.05, 3.63) is 48.3 Å². The Labute approximate surface area is 107 Å². The lowest BCUT2D eigenvalue weighted by Crippen LogP contribution is -2.17. The molecule has 2 rings (SSSR count). The van der Waals surface area contributed by atoms with E-state index >= 15 is 0 Å². The average Bonchev–Trinajstić information content (AvgIpc) is 2.37. The van der Waals surface area contributed by atoms with Crippen LogP contribution in [0.15, 0.2) is 42.7 Å². The standard InChI is InChI=1S/C13H11F3N2O/c14-13(15,16)19-11-3-1-2-9(6-11)12-4-5-18-8-10(12)7-17/h1-6,8H,7,17H2. The van der Waals surface area contributed by atoms with Crippen LogP contribution in [0.5, 0.6) is 5.75 Å². The van der Waals surface area contributed by atoms with E-state index in [-0.39, 0.29) is 12.3 Å². The molecule has 0 unspecified atom stereocenters. The van der Waals surface area contributed by atoms with Crippen LogP contribution in [-0.2, 0) is 6.54 Å². The summed E-state index contributed by atoms with van der Waals surface area (Å²) in [6.45, 7) is 0.257. The molecule has 0 fully saturated rings. The smallest absolute Gasteiger partial charge is 0.406 e. The Balaban J connectivity index is 2.38. The van der Waals surface area contributed by atoms with E-state index in [2.05, 4.69) is 9.72 Å². The number of alkyl halides is 3. The Hall–Kier alpha value is -2.08. The average molecular weight is 268 g/mol. The second-order valence-electron chi connectivity index (χ2n) is 3.81. The summed E-state index contributed by atoms with van der Waals surface area (Å²) in [6, 6.07) is 7.46. The Morgan fingerprint density at radius 1 is 1.21 bits per heavy atom. The van der Waals surface area contributed by atoms with Gasteiger partial charge in [-0.3, -0.25) is 4.98 Å². The van der Waals surface area contributed by atoms with Crippen molar-refractivity contribution in [2.45, 2.75) is 12.9 Å². The molecule has 0 atom stereocenters. The quantitative estimate of drug-likeness (QED) is 0.930. The molecule has 0 bridgehead atoms. The predicted octanol–water partition coefficient (Wildman–Crippen LogP) is 3.11. The van der Waals surface area contributed by atoms with Gasteiger partial charge in [0.2, 0.25) is 0 Å². The molecule has 1 aromatic heterocycles. The van der Waals surface area contributed by atoms with E-state index in [4.69, 9.17) is 5.73 Å². The molecule has 0 spiro atoms. The molecule has 0 radical (unpaired) electrons. The van der Waals surface area contributed by atoms with Crippen LogP contribution in [0.3, 0.4) is 0 Å². The molecule has 19 heavy (non-hydrogen) atoms. The van der Waals surface area contributed by atoms with Gasteiger partial charge in [-0.25, -0.2) is 0 Å². The highest BCUT2D eigenvalue weighted by atomic mass is 19.4. The van der Waals surface area contributed by atoms with Gasteiger partial charge in [-0.15, -0.1) is 13.2 Å². The van der Waals surface area contributed by atoms with Gasteiger partial charge in [0.05, 0.1) is 0 Å². The van der Waals surface area contributed by atoms with Crippen molar-refractivity contribution < 1.29 is 17.9 Å². The van der Waals surface area contributed by atoms with Crippen molar-refractivity contribution in [1.82, 2.24) is 4.98 Å². The first kappa shape index (κ1) is 13.4. The molecule has 0 aliphatic rings. The van der Waals surface area contributed by atoms with Gasteiger partial charge in [0.15, 0.2) is 0 Å². The summed E-state index contributed by atoms with van der Waals surface area (Å²) in [7, 11) is 0. The minimum Gasteiger partial charge on any atom is -0.406 e. The van der Waals surface area contributed by atoms with E-state index in [0.717, 1.165) is 11.1 Å². The third-order valence-corrected chi connectivity index (χ3v) is 2.50. The maximum absolute atomic E-state index is 12.2. The molecule has 0 saturated heterocycles. The van der Waals surface area contributed by atoms with E-state index < -0.39 is 6.36 Å². The minimum atomic E-state index is -4.70. The van der Waals surface area contributed by atoms with Crippen LogP contribution >= 0.6 is 0 Å². The van der Waals surface area contributed by atoms with Crippen LogP contribution in [0, 0.1) is 0 Å². The summed E-state index contributed by atoms with van der Waals surface area (Å²) >= 11 is 0. The van der Waals surface area contributed by atoms with Gasteiger partial charge < -0.3 is 10.5 Å². The van der Waals surface area contributed by atoms with Crippen LogP contribution in [0.4, 0.5) is 13.2 Å². The summed E-state index contributed by atoms with van der Waals surface area (Å²) in [5.41, 5.74) is 7.68. The summed E-state index contributed by atoms with van der Waals surface area (Å²) in [6.07, 6.45) is -1.55. The van der Waals surface area contributed by atoms with Crippen LogP contribution in [0.1, 0.15) is 5.56 Å². The molecule has 2 N–H and O–H groups in total. The Morgan fingerprint density at radius 2 is 2.00 bits per heavy atom. The monoisotopic (exact) mass is 268 g/mol. The Morgan fingerprint density at radius 3 is 2.68 bits per heavy atom. The summed E-state index contributed by atoms with van der Waals surface area (Å²) in [5, 5.41) is 0. The lowest BCUT2D eigenvalue weighted by atomic mass is 10.0. The third-order valence-electron chi connectivity index (χ3n) is 2.50. The maximum Gasteiger partial charge on any atom is 0.573 e. The van der Waals surface area contributed by atoms with Gasteiger partial charge >= 0.3 is 6.36 Å². The van der Waals surface area contributed by atoms with E-state index in [1.54, 1.807) is 24.5 Å². The van der Waals surface area contributed by atoms with Gasteiger partial charge in [-0.05, 0) is 34.9 Å². The second kappa shape index (κ2) is 5.27. The molecule has 2 aromatic rings. The highest BCUT2D eigenvalue weighted by molar-refractivity contribution is 5.68. The van der Waals surface area contributed by atoms with Crippen molar-refractivity contribution in [3.8, 4) is 16.9 Å². The van der Waals surface area contributed by atoms with Crippen molar-refractivity contribution in [1.29, 1.82) is 0 Å². The number of rotatable bonds is 3. The second-order valence-corrected chi connectivity index (χ2v) is 3.81. The fraction of sp³-hybridized carbons (Fsp3) is 0.154. The number of pyridine rings is 1. The largest absolute Gasteiger partial charge is 0.573 e. The van der Waals surface area contributed by atoms with E-state index in [0.29, 0.717) is 5.56 Å². The van der Waals surface area contributed by atoms with Gasteiger partial charge in [-0.2, -0.15) is 0 Å². The number of nitrogens with two attached hydrogens (primary N) is 1. The van der Waals surface area contributed by atoms with Crippen molar-refractivity contribution >= 4 is 0 Å². The number of halogens is 3. The first-order chi connectivity index (χ1) is 8.99. The zero-order valence-corrected chi connectivity index (χ0v) is 9.82. The first-order valence-corrected chi connectivity index (χ1v) is 5.49. The molecule has 1 heterocycles. The van der Waals surface area contributed by atoms with Crippen LogP contribution in [0.25, 0.3) is 11.1 Å². The highest BCUT2D eigenvalue weighted by Gasteiger charge is 2.31. The number of aromatic nitrogens is 1. The zero-order valence-electron chi connectivity index (χ0n) is 9.82. The molecule has 0 amide bonds. The maximum atomic E-state index is 12.2. The number of ether oxygens (including phenoxy) is 1. The van der Waals surface area contributed by atoms with Crippen molar-refractivity contribution in [3.63, 3.8) is 0 Å². The number of nitrogens with zero attached hydrogens (tertiary/aromatic N) is 1. The Kier molecular flexibility index (Phi) is 3.71. The fourth-order valence-corrected chi connectivity index (χ4v) is 1.73. The van der Waals surface area contributed by atoms with Crippen LogP contribution in [-0.4, -0.2) is 11.3 Å². The number of hydrogen-bond acceptors (Lipinski definition) is 3. The van der Waals surface area contributed by atoms with Crippen molar-refractivity contribution in [2.75, 3.05) is 0 Å². The molecule has 100 valence electrons. The highest BCUT2D eigenvalue weighted by Crippen LogP contribution is 2.29. The Bertz CT molecular complexity index is 570. The molecule has 0 aliphatic carbocycles. The molecule has 0 saturated carbocycles. The van der Waals surface area contributed by atoms with Crippen molar-refractivity contribution in [2.24, 2.45) is 5.73 Å². The van der Waals surface area contributed by atoms with Crippen LogP contribution < -0.4 is 10.5 Å². The van der Waals surface area contributed by atoms with E-state index in [1.807, 2.05) is 0 Å². The summed E-state index contributed by atoms with van der Waals surface area (Å²) in [4.78, 5) is 3.93. The molecule has 1 aromatic carbocycles. The van der Waals surface area contributed by atoms with Gasteiger partial charge in [-0.1, -0.05) is 12.1 Å². The lowest BCUT2D eigenvalue weighted by molar-refractivity contribution is -0.274.